The van der Waals surface area contributed by atoms with Crippen LogP contribution >= 0.6 is 0 Å². The quantitative estimate of drug-likeness (QED) is 0.379. The Balaban J connectivity index is 5.03. The fourth-order valence-electron chi connectivity index (χ4n) is 1.40. The predicted molar refractivity (Wildman–Crippen MR) is 66.8 cm³/mol. The van der Waals surface area contributed by atoms with Gasteiger partial charge in [-0.1, -0.05) is 6.92 Å². The lowest BCUT2D eigenvalue weighted by Gasteiger charge is -2.16. The number of hydrogen-bond donors (Lipinski definition) is 0. The number of ether oxygens (including phenoxy) is 3. The molecule has 0 fully saturated rings. The molecule has 0 aliphatic carbocycles. The molecule has 5 nitrogen and oxygen atoms in total. The van der Waals surface area contributed by atoms with Gasteiger partial charge in [0.15, 0.2) is 5.92 Å². The summed E-state index contributed by atoms with van der Waals surface area (Å²) in [4.78, 5) is 23.6. The van der Waals surface area contributed by atoms with E-state index in [0.29, 0.717) is 18.6 Å². The largest absolute Gasteiger partial charge is 0.501 e. The summed E-state index contributed by atoms with van der Waals surface area (Å²) in [6.45, 7) is 7.97. The van der Waals surface area contributed by atoms with Crippen molar-refractivity contribution in [2.45, 2.75) is 34.1 Å². The molecular formula is C13H22O5. The normalized spacial score (nSPS) is 11.3. The average molecular weight is 258 g/mol. The molecule has 0 heterocycles. The molecule has 0 spiro atoms. The third-order valence-corrected chi connectivity index (χ3v) is 2.23. The van der Waals surface area contributed by atoms with Crippen LogP contribution in [0, 0.1) is 5.92 Å². The lowest BCUT2D eigenvalue weighted by Crippen LogP contribution is -2.30. The van der Waals surface area contributed by atoms with E-state index >= 15 is 0 Å². The van der Waals surface area contributed by atoms with Crippen molar-refractivity contribution >= 4 is 11.9 Å². The Morgan fingerprint density at radius 2 is 1.44 bits per heavy atom. The van der Waals surface area contributed by atoms with Gasteiger partial charge in [0.1, 0.15) is 0 Å². The summed E-state index contributed by atoms with van der Waals surface area (Å²) in [5.41, 5.74) is 0.564. The van der Waals surface area contributed by atoms with E-state index in [1.165, 1.54) is 6.26 Å². The first-order valence-corrected chi connectivity index (χ1v) is 6.25. The van der Waals surface area contributed by atoms with Crippen LogP contribution in [-0.4, -0.2) is 31.8 Å². The Labute approximate surface area is 108 Å². The van der Waals surface area contributed by atoms with Gasteiger partial charge in [0.05, 0.1) is 26.1 Å². The summed E-state index contributed by atoms with van der Waals surface area (Å²) in [7, 11) is 0. The van der Waals surface area contributed by atoms with Gasteiger partial charge < -0.3 is 14.2 Å². The zero-order chi connectivity index (χ0) is 14.0. The van der Waals surface area contributed by atoms with Gasteiger partial charge in [0, 0.05) is 0 Å². The van der Waals surface area contributed by atoms with Crippen molar-refractivity contribution in [2.75, 3.05) is 19.8 Å². The molecule has 0 saturated carbocycles. The Hall–Kier alpha value is -1.52. The zero-order valence-corrected chi connectivity index (χ0v) is 11.5. The molecule has 0 saturated heterocycles. The molecule has 0 radical (unpaired) electrons. The highest BCUT2D eigenvalue weighted by atomic mass is 16.6. The highest BCUT2D eigenvalue weighted by Crippen LogP contribution is 2.19. The maximum Gasteiger partial charge on any atom is 0.324 e. The van der Waals surface area contributed by atoms with Gasteiger partial charge in [-0.2, -0.15) is 0 Å². The van der Waals surface area contributed by atoms with Crippen LogP contribution in [0.5, 0.6) is 0 Å². The van der Waals surface area contributed by atoms with Crippen molar-refractivity contribution in [1.82, 2.24) is 0 Å². The summed E-state index contributed by atoms with van der Waals surface area (Å²) < 4.78 is 14.9. The van der Waals surface area contributed by atoms with Crippen LogP contribution in [0.15, 0.2) is 11.8 Å². The van der Waals surface area contributed by atoms with Gasteiger partial charge in [-0.05, 0) is 32.8 Å². The molecule has 5 heteroatoms. The maximum atomic E-state index is 11.8. The smallest absolute Gasteiger partial charge is 0.324 e. The minimum absolute atomic E-state index is 0.223. The van der Waals surface area contributed by atoms with E-state index in [9.17, 15) is 9.59 Å². The molecule has 0 aliphatic rings. The molecule has 18 heavy (non-hydrogen) atoms. The van der Waals surface area contributed by atoms with E-state index < -0.39 is 17.9 Å². The van der Waals surface area contributed by atoms with Gasteiger partial charge >= 0.3 is 11.9 Å². The molecular weight excluding hydrogens is 236 g/mol. The molecule has 104 valence electrons. The number of rotatable bonds is 8. The fourth-order valence-corrected chi connectivity index (χ4v) is 1.40. The van der Waals surface area contributed by atoms with E-state index in [1.807, 2.05) is 13.8 Å². The van der Waals surface area contributed by atoms with Crippen molar-refractivity contribution in [3.05, 3.63) is 11.8 Å². The van der Waals surface area contributed by atoms with E-state index in [4.69, 9.17) is 14.2 Å². The Bertz CT molecular complexity index is 278. The average Bonchev–Trinajstić information content (AvgIpc) is 2.34. The van der Waals surface area contributed by atoms with Crippen LogP contribution < -0.4 is 0 Å². The fraction of sp³-hybridized carbons (Fsp3) is 0.692. The van der Waals surface area contributed by atoms with Crippen molar-refractivity contribution in [3.8, 4) is 0 Å². The van der Waals surface area contributed by atoms with E-state index in [2.05, 4.69) is 0 Å². The summed E-state index contributed by atoms with van der Waals surface area (Å²) in [6, 6.07) is 0. The Morgan fingerprint density at radius 1 is 0.944 bits per heavy atom. The van der Waals surface area contributed by atoms with Gasteiger partial charge in [-0.15, -0.1) is 0 Å². The van der Waals surface area contributed by atoms with Gasteiger partial charge in [-0.3, -0.25) is 9.59 Å². The van der Waals surface area contributed by atoms with Crippen molar-refractivity contribution < 1.29 is 23.8 Å². The van der Waals surface area contributed by atoms with Crippen LogP contribution in [0.2, 0.25) is 0 Å². The van der Waals surface area contributed by atoms with E-state index in [1.54, 1.807) is 13.8 Å². The monoisotopic (exact) mass is 258 g/mol. The van der Waals surface area contributed by atoms with Crippen LogP contribution in [0.25, 0.3) is 0 Å². The molecule has 0 rings (SSSR count). The molecule has 0 N–H and O–H groups in total. The van der Waals surface area contributed by atoms with Gasteiger partial charge in [0.2, 0.25) is 0 Å². The molecule has 0 aliphatic heterocycles. The first kappa shape index (κ1) is 16.5. The summed E-state index contributed by atoms with van der Waals surface area (Å²) in [5.74, 6) is -2.21. The maximum absolute atomic E-state index is 11.8. The van der Waals surface area contributed by atoms with Gasteiger partial charge in [-0.25, -0.2) is 0 Å². The second kappa shape index (κ2) is 9.50. The summed E-state index contributed by atoms with van der Waals surface area (Å²) in [6.07, 6.45) is 1.96. The third-order valence-electron chi connectivity index (χ3n) is 2.23. The highest BCUT2D eigenvalue weighted by Gasteiger charge is 2.32. The molecule has 0 unspecified atom stereocenters. The second-order valence-corrected chi connectivity index (χ2v) is 3.44. The lowest BCUT2D eigenvalue weighted by atomic mass is 9.98. The van der Waals surface area contributed by atoms with Gasteiger partial charge in [0.25, 0.3) is 0 Å². The Morgan fingerprint density at radius 3 is 1.78 bits per heavy atom. The minimum atomic E-state index is -1.03. The van der Waals surface area contributed by atoms with Crippen LogP contribution in [-0.2, 0) is 23.8 Å². The first-order chi connectivity index (χ1) is 8.62. The molecule has 0 aromatic carbocycles. The number of hydrogen-bond acceptors (Lipinski definition) is 5. The van der Waals surface area contributed by atoms with Crippen molar-refractivity contribution in [1.29, 1.82) is 0 Å². The molecule has 0 aromatic heterocycles. The lowest BCUT2D eigenvalue weighted by molar-refractivity contribution is -0.159. The minimum Gasteiger partial charge on any atom is -0.501 e. The molecule has 0 amide bonds. The summed E-state index contributed by atoms with van der Waals surface area (Å²) in [5, 5.41) is 0. The van der Waals surface area contributed by atoms with Crippen LogP contribution in [0.1, 0.15) is 34.1 Å². The number of carbonyl (C=O) groups is 2. The zero-order valence-electron chi connectivity index (χ0n) is 11.5. The molecule has 0 bridgehead atoms. The molecule has 0 atom stereocenters. The standard InChI is InChI=1S/C13H22O5/c1-5-10(9-16-6-2)11(12(14)17-7-3)13(15)18-8-4/h9,11H,5-8H2,1-4H3. The second-order valence-electron chi connectivity index (χ2n) is 3.44. The summed E-state index contributed by atoms with van der Waals surface area (Å²) >= 11 is 0. The van der Waals surface area contributed by atoms with Crippen LogP contribution in [0.4, 0.5) is 0 Å². The first-order valence-electron chi connectivity index (χ1n) is 6.25. The van der Waals surface area contributed by atoms with E-state index in [0.717, 1.165) is 0 Å². The van der Waals surface area contributed by atoms with Crippen molar-refractivity contribution in [2.24, 2.45) is 5.92 Å². The Kier molecular flexibility index (Phi) is 8.70. The number of carbonyl (C=O) groups excluding carboxylic acids is 2. The highest BCUT2D eigenvalue weighted by molar-refractivity contribution is 5.98. The van der Waals surface area contributed by atoms with Crippen LogP contribution in [0.3, 0.4) is 0 Å². The van der Waals surface area contributed by atoms with E-state index in [-0.39, 0.29) is 13.2 Å². The predicted octanol–water partition coefficient (Wildman–Crippen LogP) is 2.06. The third kappa shape index (κ3) is 5.21. The molecule has 0 aromatic rings. The van der Waals surface area contributed by atoms with Crippen molar-refractivity contribution in [3.63, 3.8) is 0 Å². The number of esters is 2. The topological polar surface area (TPSA) is 61.8 Å². The SMILES string of the molecule is CCOC=C(CC)C(C(=O)OCC)C(=O)OCC.